The van der Waals surface area contributed by atoms with E-state index in [0.717, 1.165) is 5.56 Å². The minimum Gasteiger partial charge on any atom is -0.398 e. The van der Waals surface area contributed by atoms with Crippen LogP contribution in [0.1, 0.15) is 5.56 Å². The minimum absolute atomic E-state index is 0.248. The summed E-state index contributed by atoms with van der Waals surface area (Å²) in [5, 5.41) is 0.535. The number of aryl methyl sites for hydroxylation is 1. The normalized spacial score (nSPS) is 10.6. The maximum Gasteiger partial charge on any atom is 0.316 e. The van der Waals surface area contributed by atoms with Gasteiger partial charge in [-0.15, -0.1) is 0 Å². The molecule has 1 heterocycles. The molecule has 0 radical (unpaired) electrons. The fraction of sp³-hybridized carbons (Fsp3) is 0.167. The first-order valence-electron chi connectivity index (χ1n) is 5.29. The Bertz CT molecular complexity index is 703. The molecular formula is C12H12ClN3O2. The molecule has 94 valence electrons. The summed E-state index contributed by atoms with van der Waals surface area (Å²) in [5.74, 6) is 0. The second-order valence-corrected chi connectivity index (χ2v) is 4.43. The van der Waals surface area contributed by atoms with Crippen molar-refractivity contribution in [3.05, 3.63) is 61.9 Å². The molecule has 6 heteroatoms. The first-order chi connectivity index (χ1) is 8.49. The molecule has 18 heavy (non-hydrogen) atoms. The summed E-state index contributed by atoms with van der Waals surface area (Å²) in [6, 6.07) is 5.05. The highest BCUT2D eigenvalue weighted by Gasteiger charge is 2.05. The van der Waals surface area contributed by atoms with Crippen LogP contribution in [0.5, 0.6) is 0 Å². The van der Waals surface area contributed by atoms with E-state index >= 15 is 0 Å². The van der Waals surface area contributed by atoms with Gasteiger partial charge in [0.25, 0.3) is 0 Å². The smallest absolute Gasteiger partial charge is 0.316 e. The van der Waals surface area contributed by atoms with Crippen LogP contribution in [-0.2, 0) is 13.6 Å². The molecule has 5 nitrogen and oxygen atoms in total. The largest absolute Gasteiger partial charge is 0.398 e. The zero-order chi connectivity index (χ0) is 13.3. The number of rotatable bonds is 2. The van der Waals surface area contributed by atoms with Crippen molar-refractivity contribution in [3.8, 4) is 0 Å². The van der Waals surface area contributed by atoms with E-state index < -0.39 is 11.1 Å². The molecule has 0 aliphatic rings. The summed E-state index contributed by atoms with van der Waals surface area (Å²) in [6.45, 7) is 0.248. The fourth-order valence-electron chi connectivity index (χ4n) is 1.61. The Morgan fingerprint density at radius 3 is 2.61 bits per heavy atom. The van der Waals surface area contributed by atoms with E-state index in [4.69, 9.17) is 17.3 Å². The summed E-state index contributed by atoms with van der Waals surface area (Å²) in [5.41, 5.74) is 5.91. The molecule has 1 aromatic heterocycles. The van der Waals surface area contributed by atoms with Crippen molar-refractivity contribution in [2.45, 2.75) is 6.54 Å². The number of hydrogen-bond donors (Lipinski definition) is 1. The summed E-state index contributed by atoms with van der Waals surface area (Å²) in [4.78, 5) is 23.2. The van der Waals surface area contributed by atoms with Crippen LogP contribution in [-0.4, -0.2) is 9.13 Å². The lowest BCUT2D eigenvalue weighted by molar-refractivity contribution is 0.696. The van der Waals surface area contributed by atoms with E-state index in [-0.39, 0.29) is 6.54 Å². The Morgan fingerprint density at radius 1 is 1.22 bits per heavy atom. The van der Waals surface area contributed by atoms with Crippen molar-refractivity contribution >= 4 is 17.3 Å². The van der Waals surface area contributed by atoms with Crippen LogP contribution in [0.4, 0.5) is 5.69 Å². The standard InChI is InChI=1S/C12H12ClN3O2/c1-15-4-5-16(12(18)11(15)17)7-8-2-3-9(13)6-10(8)14/h2-6H,7,14H2,1H3. The number of benzene rings is 1. The number of anilines is 1. The Kier molecular flexibility index (Phi) is 3.25. The van der Waals surface area contributed by atoms with Crippen molar-refractivity contribution in [3.63, 3.8) is 0 Å². The molecule has 0 saturated heterocycles. The third-order valence-corrected chi connectivity index (χ3v) is 2.92. The van der Waals surface area contributed by atoms with Gasteiger partial charge in [0.05, 0.1) is 6.54 Å². The average molecular weight is 266 g/mol. The van der Waals surface area contributed by atoms with E-state index in [1.165, 1.54) is 22.4 Å². The van der Waals surface area contributed by atoms with Gasteiger partial charge in [-0.3, -0.25) is 9.59 Å². The van der Waals surface area contributed by atoms with Gasteiger partial charge in [-0.05, 0) is 17.7 Å². The average Bonchev–Trinajstić information content (AvgIpc) is 2.33. The molecule has 0 aliphatic heterocycles. The van der Waals surface area contributed by atoms with Crippen molar-refractivity contribution in [1.29, 1.82) is 0 Å². The fourth-order valence-corrected chi connectivity index (χ4v) is 1.79. The molecule has 1 aromatic carbocycles. The van der Waals surface area contributed by atoms with Crippen molar-refractivity contribution in [2.24, 2.45) is 7.05 Å². The highest BCUT2D eigenvalue weighted by molar-refractivity contribution is 6.30. The molecule has 2 aromatic rings. The van der Waals surface area contributed by atoms with Crippen molar-refractivity contribution in [2.75, 3.05) is 5.73 Å². The number of aromatic nitrogens is 2. The van der Waals surface area contributed by atoms with Crippen molar-refractivity contribution in [1.82, 2.24) is 9.13 Å². The Labute approximate surface area is 108 Å². The SMILES string of the molecule is Cn1ccn(Cc2ccc(Cl)cc2N)c(=O)c1=O. The molecule has 0 fully saturated rings. The van der Waals surface area contributed by atoms with Crippen LogP contribution in [0.3, 0.4) is 0 Å². The summed E-state index contributed by atoms with van der Waals surface area (Å²) >= 11 is 5.80. The highest BCUT2D eigenvalue weighted by Crippen LogP contribution is 2.18. The van der Waals surface area contributed by atoms with Crippen LogP contribution in [0, 0.1) is 0 Å². The van der Waals surface area contributed by atoms with Gasteiger partial charge in [-0.2, -0.15) is 0 Å². The zero-order valence-electron chi connectivity index (χ0n) is 9.76. The lowest BCUT2D eigenvalue weighted by Crippen LogP contribution is -2.39. The topological polar surface area (TPSA) is 70.0 Å². The first kappa shape index (κ1) is 12.4. The molecule has 0 atom stereocenters. The van der Waals surface area contributed by atoms with E-state index in [0.29, 0.717) is 10.7 Å². The first-order valence-corrected chi connectivity index (χ1v) is 5.67. The number of halogens is 1. The molecule has 0 aliphatic carbocycles. The summed E-state index contributed by atoms with van der Waals surface area (Å²) in [7, 11) is 1.53. The highest BCUT2D eigenvalue weighted by atomic mass is 35.5. The molecule has 2 N–H and O–H groups in total. The van der Waals surface area contributed by atoms with Gasteiger partial charge in [0, 0.05) is 30.2 Å². The van der Waals surface area contributed by atoms with Crippen molar-refractivity contribution < 1.29 is 0 Å². The van der Waals surface area contributed by atoms with Crippen LogP contribution in [0.25, 0.3) is 0 Å². The Hall–Kier alpha value is -2.01. The van der Waals surface area contributed by atoms with Crippen LogP contribution >= 0.6 is 11.6 Å². The molecule has 0 saturated carbocycles. The van der Waals surface area contributed by atoms with Crippen LogP contribution < -0.4 is 16.9 Å². The maximum absolute atomic E-state index is 11.7. The maximum atomic E-state index is 11.7. The third kappa shape index (κ3) is 2.31. The number of nitrogens with two attached hydrogens (primary N) is 1. The van der Waals surface area contributed by atoms with E-state index in [9.17, 15) is 9.59 Å². The van der Waals surface area contributed by atoms with Gasteiger partial charge in [0.1, 0.15) is 0 Å². The predicted octanol–water partition coefficient (Wildman–Crippen LogP) is 0.831. The van der Waals surface area contributed by atoms with Gasteiger partial charge in [-0.1, -0.05) is 17.7 Å². The third-order valence-electron chi connectivity index (χ3n) is 2.68. The van der Waals surface area contributed by atoms with Gasteiger partial charge in [0.2, 0.25) is 0 Å². The predicted molar refractivity (Wildman–Crippen MR) is 70.9 cm³/mol. The van der Waals surface area contributed by atoms with E-state index in [1.807, 2.05) is 0 Å². The Balaban J connectivity index is 2.44. The number of nitrogens with zero attached hydrogens (tertiary/aromatic N) is 2. The molecule has 0 unspecified atom stereocenters. The van der Waals surface area contributed by atoms with E-state index in [2.05, 4.69) is 0 Å². The number of nitrogen functional groups attached to an aromatic ring is 1. The molecular weight excluding hydrogens is 254 g/mol. The minimum atomic E-state index is -0.575. The molecule has 0 bridgehead atoms. The van der Waals surface area contributed by atoms with Gasteiger partial charge in [0.15, 0.2) is 0 Å². The lowest BCUT2D eigenvalue weighted by atomic mass is 10.2. The van der Waals surface area contributed by atoms with Gasteiger partial charge >= 0.3 is 11.1 Å². The zero-order valence-corrected chi connectivity index (χ0v) is 10.5. The molecule has 0 spiro atoms. The second kappa shape index (κ2) is 4.70. The van der Waals surface area contributed by atoms with Crippen LogP contribution in [0.15, 0.2) is 40.2 Å². The second-order valence-electron chi connectivity index (χ2n) is 3.99. The molecule has 2 rings (SSSR count). The quantitative estimate of drug-likeness (QED) is 0.646. The molecule has 0 amide bonds. The van der Waals surface area contributed by atoms with Gasteiger partial charge < -0.3 is 14.9 Å². The lowest BCUT2D eigenvalue weighted by Gasteiger charge is -2.09. The van der Waals surface area contributed by atoms with Crippen LogP contribution in [0.2, 0.25) is 5.02 Å². The number of hydrogen-bond acceptors (Lipinski definition) is 3. The van der Waals surface area contributed by atoms with E-state index in [1.54, 1.807) is 24.4 Å². The Morgan fingerprint density at radius 2 is 1.94 bits per heavy atom. The monoisotopic (exact) mass is 265 g/mol. The summed E-state index contributed by atoms with van der Waals surface area (Å²) < 4.78 is 2.56. The summed E-state index contributed by atoms with van der Waals surface area (Å²) in [6.07, 6.45) is 3.09. The van der Waals surface area contributed by atoms with Gasteiger partial charge in [-0.25, -0.2) is 0 Å².